The van der Waals surface area contributed by atoms with Crippen LogP contribution in [0.5, 0.6) is 0 Å². The smallest absolute Gasteiger partial charge is 0.192 e. The van der Waals surface area contributed by atoms with Crippen molar-refractivity contribution in [2.45, 2.75) is 109 Å². The lowest BCUT2D eigenvalue weighted by Gasteiger charge is -2.35. The number of hydrogen-bond donors (Lipinski definition) is 0. The van der Waals surface area contributed by atoms with E-state index in [1.54, 1.807) is 0 Å². The molecule has 0 saturated carbocycles. The van der Waals surface area contributed by atoms with Crippen LogP contribution in [0.15, 0.2) is 0 Å². The number of unbranched alkanes of at least 4 members (excludes halogenated alkanes) is 8. The first kappa shape index (κ1) is 18.2. The average Bonchev–Trinajstić information content (AvgIpc) is 2.48. The maximum atomic E-state index is 6.42. The van der Waals surface area contributed by atoms with Crippen LogP contribution in [0.3, 0.4) is 0 Å². The van der Waals surface area contributed by atoms with Gasteiger partial charge in [-0.2, -0.15) is 0 Å². The van der Waals surface area contributed by atoms with Gasteiger partial charge in [-0.05, 0) is 24.6 Å². The molecule has 1 nitrogen and oxygen atoms in total. The Kier molecular flexibility index (Phi) is 10.7. The molecule has 1 fully saturated rings. The second kappa shape index (κ2) is 11.8. The molecule has 0 bridgehead atoms. The quantitative estimate of drug-likeness (QED) is 0.288. The van der Waals surface area contributed by atoms with Gasteiger partial charge in [-0.25, -0.2) is 0 Å². The van der Waals surface area contributed by atoms with E-state index in [1.165, 1.54) is 95.2 Å². The fraction of sp³-hybridized carbons (Fsp3) is 1.00. The zero-order valence-corrected chi connectivity index (χ0v) is 15.2. The maximum absolute atomic E-state index is 6.42. The molecular weight excluding hydrogens is 260 g/mol. The predicted octanol–water partition coefficient (Wildman–Crippen LogP) is 6.68. The molecule has 1 aliphatic rings. The molecule has 0 aromatic heterocycles. The van der Waals surface area contributed by atoms with Gasteiger partial charge >= 0.3 is 0 Å². The Morgan fingerprint density at radius 1 is 0.700 bits per heavy atom. The van der Waals surface area contributed by atoms with E-state index in [0.717, 1.165) is 6.61 Å². The summed E-state index contributed by atoms with van der Waals surface area (Å²) in [6, 6.07) is 4.39. The highest BCUT2D eigenvalue weighted by molar-refractivity contribution is 6.73. The van der Waals surface area contributed by atoms with E-state index >= 15 is 0 Å². The standard InChI is InChI=1S/C18H38OSi/c1-3-5-7-9-12-16-20(18-14-11-15-19-20)17-13-10-8-6-4-2/h3-18H2,1-2H3. The van der Waals surface area contributed by atoms with Crippen LogP contribution < -0.4 is 0 Å². The SMILES string of the molecule is CCCCCCC[Si]1(CCCCCCC)CCCCO1. The van der Waals surface area contributed by atoms with Crippen LogP contribution >= 0.6 is 0 Å². The normalized spacial score (nSPS) is 18.3. The molecule has 0 amide bonds. The fourth-order valence-corrected chi connectivity index (χ4v) is 7.97. The van der Waals surface area contributed by atoms with Crippen LogP contribution in [0.2, 0.25) is 18.1 Å². The summed E-state index contributed by atoms with van der Waals surface area (Å²) in [5.74, 6) is 0. The van der Waals surface area contributed by atoms with Crippen molar-refractivity contribution in [1.29, 1.82) is 0 Å². The van der Waals surface area contributed by atoms with Crippen molar-refractivity contribution in [2.24, 2.45) is 0 Å². The van der Waals surface area contributed by atoms with Crippen molar-refractivity contribution in [3.05, 3.63) is 0 Å². The first-order valence-electron chi connectivity index (χ1n) is 9.47. The van der Waals surface area contributed by atoms with Crippen LogP contribution in [0, 0.1) is 0 Å². The first-order valence-corrected chi connectivity index (χ1v) is 12.0. The molecule has 1 saturated heterocycles. The van der Waals surface area contributed by atoms with Gasteiger partial charge in [0.25, 0.3) is 0 Å². The monoisotopic (exact) mass is 298 g/mol. The highest BCUT2D eigenvalue weighted by Crippen LogP contribution is 2.33. The van der Waals surface area contributed by atoms with Gasteiger partial charge in [0.2, 0.25) is 0 Å². The summed E-state index contributed by atoms with van der Waals surface area (Å²) < 4.78 is 6.42. The highest BCUT2D eigenvalue weighted by Gasteiger charge is 2.35. The summed E-state index contributed by atoms with van der Waals surface area (Å²) in [7, 11) is -1.30. The van der Waals surface area contributed by atoms with Crippen molar-refractivity contribution < 1.29 is 4.43 Å². The van der Waals surface area contributed by atoms with Crippen LogP contribution in [0.4, 0.5) is 0 Å². The maximum Gasteiger partial charge on any atom is 0.192 e. The summed E-state index contributed by atoms with van der Waals surface area (Å²) in [5.41, 5.74) is 0. The molecule has 0 aromatic rings. The molecule has 2 heteroatoms. The van der Waals surface area contributed by atoms with E-state index < -0.39 is 8.32 Å². The Morgan fingerprint density at radius 3 is 1.70 bits per heavy atom. The second-order valence-electron chi connectivity index (χ2n) is 6.82. The van der Waals surface area contributed by atoms with Crippen molar-refractivity contribution in [3.8, 4) is 0 Å². The summed E-state index contributed by atoms with van der Waals surface area (Å²) in [5, 5.41) is 0. The molecule has 0 unspecified atom stereocenters. The van der Waals surface area contributed by atoms with E-state index in [4.69, 9.17) is 4.43 Å². The summed E-state index contributed by atoms with van der Waals surface area (Å²) in [4.78, 5) is 0. The van der Waals surface area contributed by atoms with Gasteiger partial charge in [0.1, 0.15) is 0 Å². The van der Waals surface area contributed by atoms with E-state index in [9.17, 15) is 0 Å². The van der Waals surface area contributed by atoms with Crippen LogP contribution in [-0.4, -0.2) is 14.9 Å². The molecule has 20 heavy (non-hydrogen) atoms. The molecule has 1 aliphatic heterocycles. The lowest BCUT2D eigenvalue weighted by molar-refractivity contribution is 0.263. The van der Waals surface area contributed by atoms with Crippen molar-refractivity contribution in [2.75, 3.05) is 6.61 Å². The van der Waals surface area contributed by atoms with Gasteiger partial charge in [0, 0.05) is 6.61 Å². The third kappa shape index (κ3) is 7.83. The van der Waals surface area contributed by atoms with Gasteiger partial charge in [0.05, 0.1) is 0 Å². The highest BCUT2D eigenvalue weighted by atomic mass is 28.4. The second-order valence-corrected chi connectivity index (χ2v) is 11.0. The Hall–Kier alpha value is 0.177. The predicted molar refractivity (Wildman–Crippen MR) is 92.9 cm³/mol. The number of hydrogen-bond acceptors (Lipinski definition) is 1. The van der Waals surface area contributed by atoms with E-state index in [0.29, 0.717) is 0 Å². The summed E-state index contributed by atoms with van der Waals surface area (Å²) >= 11 is 0. The number of rotatable bonds is 12. The summed E-state index contributed by atoms with van der Waals surface area (Å²) in [6.07, 6.45) is 17.0. The third-order valence-electron chi connectivity index (χ3n) is 4.91. The zero-order chi connectivity index (χ0) is 14.5. The minimum atomic E-state index is -1.30. The molecule has 0 aliphatic carbocycles. The van der Waals surface area contributed by atoms with Gasteiger partial charge in [-0.3, -0.25) is 0 Å². The lowest BCUT2D eigenvalue weighted by atomic mass is 10.2. The molecule has 0 spiro atoms. The van der Waals surface area contributed by atoms with Crippen molar-refractivity contribution in [3.63, 3.8) is 0 Å². The van der Waals surface area contributed by atoms with Gasteiger partial charge in [-0.1, -0.05) is 84.5 Å². The average molecular weight is 299 g/mol. The molecule has 1 heterocycles. The van der Waals surface area contributed by atoms with Gasteiger partial charge in [-0.15, -0.1) is 0 Å². The molecule has 0 radical (unpaired) electrons. The van der Waals surface area contributed by atoms with Crippen molar-refractivity contribution >= 4 is 8.32 Å². The first-order chi connectivity index (χ1) is 9.83. The summed E-state index contributed by atoms with van der Waals surface area (Å²) in [6.45, 7) is 5.68. The Bertz CT molecular complexity index is 195. The Morgan fingerprint density at radius 2 is 1.25 bits per heavy atom. The van der Waals surface area contributed by atoms with Gasteiger partial charge in [0.15, 0.2) is 8.32 Å². The largest absolute Gasteiger partial charge is 0.417 e. The molecule has 1 rings (SSSR count). The zero-order valence-electron chi connectivity index (χ0n) is 14.2. The minimum Gasteiger partial charge on any atom is -0.417 e. The molecule has 120 valence electrons. The molecule has 0 atom stereocenters. The Labute approximate surface area is 129 Å². The molecular formula is C18H38OSi. The van der Waals surface area contributed by atoms with E-state index in [1.807, 2.05) is 0 Å². The van der Waals surface area contributed by atoms with Crippen LogP contribution in [-0.2, 0) is 4.43 Å². The van der Waals surface area contributed by atoms with Crippen LogP contribution in [0.1, 0.15) is 90.9 Å². The van der Waals surface area contributed by atoms with E-state index in [-0.39, 0.29) is 0 Å². The van der Waals surface area contributed by atoms with Gasteiger partial charge < -0.3 is 4.43 Å². The van der Waals surface area contributed by atoms with Crippen LogP contribution in [0.25, 0.3) is 0 Å². The molecule has 0 aromatic carbocycles. The minimum absolute atomic E-state index is 1.08. The Balaban J connectivity index is 2.22. The molecule has 0 N–H and O–H groups in total. The fourth-order valence-electron chi connectivity index (χ4n) is 3.53. The third-order valence-corrected chi connectivity index (χ3v) is 9.52. The van der Waals surface area contributed by atoms with Crippen molar-refractivity contribution in [1.82, 2.24) is 0 Å². The lowest BCUT2D eigenvalue weighted by Crippen LogP contribution is -2.41. The van der Waals surface area contributed by atoms with E-state index in [2.05, 4.69) is 13.8 Å². The topological polar surface area (TPSA) is 9.23 Å².